The molecule has 0 aliphatic rings. The number of nitrogens with zero attached hydrogens (tertiary/aromatic N) is 3. The van der Waals surface area contributed by atoms with Crippen molar-refractivity contribution in [2.24, 2.45) is 0 Å². The molecule has 26 heavy (non-hydrogen) atoms. The lowest BCUT2D eigenvalue weighted by atomic mass is 10.2. The van der Waals surface area contributed by atoms with E-state index in [1.807, 2.05) is 11.5 Å². The highest BCUT2D eigenvalue weighted by Crippen LogP contribution is 2.29. The summed E-state index contributed by atoms with van der Waals surface area (Å²) in [5.74, 6) is 0.0945. The molecule has 0 bridgehead atoms. The monoisotopic (exact) mass is 369 g/mol. The lowest BCUT2D eigenvalue weighted by molar-refractivity contribution is -0.403. The molecule has 0 aliphatic carbocycles. The fraction of sp³-hybridized carbons (Fsp3) is 0.312. The largest absolute Gasteiger partial charge is 0.416 e. The minimum Gasteiger partial charge on any atom is -0.366 e. The van der Waals surface area contributed by atoms with Gasteiger partial charge in [-0.05, 0) is 37.6 Å². The fourth-order valence-corrected chi connectivity index (χ4v) is 2.22. The highest BCUT2D eigenvalue weighted by molar-refractivity contribution is 5.49. The van der Waals surface area contributed by atoms with E-state index in [1.54, 1.807) is 12.5 Å². The summed E-state index contributed by atoms with van der Waals surface area (Å²) in [6.45, 7) is 3.04. The van der Waals surface area contributed by atoms with Crippen molar-refractivity contribution < 1.29 is 18.1 Å². The van der Waals surface area contributed by atoms with Crippen LogP contribution in [0.1, 0.15) is 17.7 Å². The standard InChI is InChI=1S/C16H18F3N5O2/c1-12-9-20-11-23(12)8-2-7-21-15(10-24(25)26)22-14-5-3-13(4-6-14)16(17,18)19/h3-6,9-11,21-22H,2,7-8H2,1H3/b15-10-. The topological polar surface area (TPSA) is 85.0 Å². The molecule has 0 radical (unpaired) electrons. The molecular formula is C16H18F3N5O2. The summed E-state index contributed by atoms with van der Waals surface area (Å²) < 4.78 is 39.6. The van der Waals surface area contributed by atoms with Crippen molar-refractivity contribution >= 4 is 5.69 Å². The van der Waals surface area contributed by atoms with Crippen LogP contribution in [0, 0.1) is 17.0 Å². The molecule has 0 saturated heterocycles. The summed E-state index contributed by atoms with van der Waals surface area (Å²) in [6.07, 6.45) is 0.421. The van der Waals surface area contributed by atoms with E-state index in [1.165, 1.54) is 12.1 Å². The van der Waals surface area contributed by atoms with Crippen LogP contribution in [0.15, 0.2) is 48.8 Å². The third kappa shape index (κ3) is 5.80. The molecule has 7 nitrogen and oxygen atoms in total. The predicted octanol–water partition coefficient (Wildman–Crippen LogP) is 3.38. The maximum absolute atomic E-state index is 12.6. The molecule has 2 rings (SSSR count). The highest BCUT2D eigenvalue weighted by atomic mass is 19.4. The minimum absolute atomic E-state index is 0.0945. The van der Waals surface area contributed by atoms with E-state index in [4.69, 9.17) is 0 Å². The van der Waals surface area contributed by atoms with Crippen LogP contribution >= 0.6 is 0 Å². The van der Waals surface area contributed by atoms with Crippen LogP contribution in [0.5, 0.6) is 0 Å². The molecule has 1 aromatic heterocycles. The SMILES string of the molecule is Cc1cncn1CCCN/C(=C/[N+](=O)[O-])Nc1ccc(C(F)(F)F)cc1. The first kappa shape index (κ1) is 19.3. The second-order valence-electron chi connectivity index (χ2n) is 5.54. The van der Waals surface area contributed by atoms with E-state index in [9.17, 15) is 23.3 Å². The number of aryl methyl sites for hydroxylation is 2. The summed E-state index contributed by atoms with van der Waals surface area (Å²) >= 11 is 0. The number of nitro groups is 1. The second-order valence-corrected chi connectivity index (χ2v) is 5.54. The number of benzene rings is 1. The smallest absolute Gasteiger partial charge is 0.366 e. The average molecular weight is 369 g/mol. The maximum Gasteiger partial charge on any atom is 0.416 e. The van der Waals surface area contributed by atoms with Gasteiger partial charge in [0.1, 0.15) is 0 Å². The third-order valence-electron chi connectivity index (χ3n) is 3.54. The van der Waals surface area contributed by atoms with E-state index in [-0.39, 0.29) is 5.82 Å². The van der Waals surface area contributed by atoms with Crippen molar-refractivity contribution in [1.82, 2.24) is 14.9 Å². The average Bonchev–Trinajstić information content (AvgIpc) is 2.95. The van der Waals surface area contributed by atoms with Crippen molar-refractivity contribution in [3.05, 3.63) is 70.2 Å². The van der Waals surface area contributed by atoms with Crippen molar-refractivity contribution in [1.29, 1.82) is 0 Å². The Bertz CT molecular complexity index is 769. The number of anilines is 1. The van der Waals surface area contributed by atoms with Gasteiger partial charge in [-0.1, -0.05) is 0 Å². The Morgan fingerprint density at radius 2 is 2.04 bits per heavy atom. The van der Waals surface area contributed by atoms with Crippen LogP contribution in [-0.2, 0) is 12.7 Å². The molecule has 0 atom stereocenters. The molecule has 0 amide bonds. The van der Waals surface area contributed by atoms with Gasteiger partial charge in [0.05, 0.1) is 16.8 Å². The van der Waals surface area contributed by atoms with E-state index in [2.05, 4.69) is 15.6 Å². The zero-order valence-corrected chi connectivity index (χ0v) is 14.0. The second kappa shape index (κ2) is 8.37. The molecule has 1 aromatic carbocycles. The molecular weight excluding hydrogens is 351 g/mol. The van der Waals surface area contributed by atoms with Crippen molar-refractivity contribution in [3.8, 4) is 0 Å². The summed E-state index contributed by atoms with van der Waals surface area (Å²) in [5, 5.41) is 16.3. The zero-order chi connectivity index (χ0) is 19.2. The molecule has 0 spiro atoms. The highest BCUT2D eigenvalue weighted by Gasteiger charge is 2.29. The van der Waals surface area contributed by atoms with Gasteiger partial charge in [-0.3, -0.25) is 10.1 Å². The zero-order valence-electron chi connectivity index (χ0n) is 14.0. The normalized spacial score (nSPS) is 12.1. The number of nitrogens with one attached hydrogen (secondary N) is 2. The summed E-state index contributed by atoms with van der Waals surface area (Å²) in [5.41, 5.74) is 0.532. The lowest BCUT2D eigenvalue weighted by Crippen LogP contribution is -2.23. The fourth-order valence-electron chi connectivity index (χ4n) is 2.22. The van der Waals surface area contributed by atoms with Crippen LogP contribution in [0.25, 0.3) is 0 Å². The molecule has 10 heteroatoms. The van der Waals surface area contributed by atoms with Gasteiger partial charge in [-0.15, -0.1) is 0 Å². The molecule has 0 saturated carbocycles. The lowest BCUT2D eigenvalue weighted by Gasteiger charge is -2.13. The first-order valence-electron chi connectivity index (χ1n) is 7.76. The molecule has 2 aromatic rings. The van der Waals surface area contributed by atoms with Gasteiger partial charge < -0.3 is 15.2 Å². The quantitative estimate of drug-likeness (QED) is 0.423. The Morgan fingerprint density at radius 1 is 1.35 bits per heavy atom. The Labute approximate surface area is 147 Å². The van der Waals surface area contributed by atoms with Gasteiger partial charge in [0.25, 0.3) is 6.20 Å². The van der Waals surface area contributed by atoms with E-state index in [0.717, 1.165) is 24.0 Å². The summed E-state index contributed by atoms with van der Waals surface area (Å²) in [6, 6.07) is 4.25. The number of aromatic nitrogens is 2. The Balaban J connectivity index is 1.93. The van der Waals surface area contributed by atoms with E-state index >= 15 is 0 Å². The van der Waals surface area contributed by atoms with Gasteiger partial charge in [0.2, 0.25) is 0 Å². The minimum atomic E-state index is -4.43. The molecule has 140 valence electrons. The summed E-state index contributed by atoms with van der Waals surface area (Å²) in [7, 11) is 0. The Morgan fingerprint density at radius 3 is 2.58 bits per heavy atom. The van der Waals surface area contributed by atoms with Crippen molar-refractivity contribution in [2.45, 2.75) is 26.1 Å². The number of rotatable bonds is 8. The third-order valence-corrected chi connectivity index (χ3v) is 3.54. The van der Waals surface area contributed by atoms with E-state index < -0.39 is 16.7 Å². The van der Waals surface area contributed by atoms with Gasteiger partial charge in [-0.25, -0.2) is 4.98 Å². The number of alkyl halides is 3. The van der Waals surface area contributed by atoms with Crippen LogP contribution in [0.4, 0.5) is 18.9 Å². The van der Waals surface area contributed by atoms with Crippen LogP contribution in [0.3, 0.4) is 0 Å². The summed E-state index contributed by atoms with van der Waals surface area (Å²) in [4.78, 5) is 14.1. The first-order valence-corrected chi connectivity index (χ1v) is 7.76. The van der Waals surface area contributed by atoms with E-state index in [0.29, 0.717) is 25.2 Å². The Kier molecular flexibility index (Phi) is 6.21. The molecule has 1 heterocycles. The number of hydrogen-bond acceptors (Lipinski definition) is 5. The first-order chi connectivity index (χ1) is 12.3. The Hall–Kier alpha value is -3.04. The number of imidazole rings is 1. The van der Waals surface area contributed by atoms with Crippen molar-refractivity contribution in [3.63, 3.8) is 0 Å². The van der Waals surface area contributed by atoms with Crippen LogP contribution in [0.2, 0.25) is 0 Å². The van der Waals surface area contributed by atoms with Gasteiger partial charge in [0.15, 0.2) is 5.82 Å². The molecule has 2 N–H and O–H groups in total. The predicted molar refractivity (Wildman–Crippen MR) is 89.7 cm³/mol. The van der Waals surface area contributed by atoms with Crippen molar-refractivity contribution in [2.75, 3.05) is 11.9 Å². The van der Waals surface area contributed by atoms with Crippen LogP contribution in [-0.4, -0.2) is 21.0 Å². The maximum atomic E-state index is 12.6. The molecule has 0 aliphatic heterocycles. The number of halogens is 3. The van der Waals surface area contributed by atoms with Gasteiger partial charge in [-0.2, -0.15) is 13.2 Å². The molecule has 0 fully saturated rings. The van der Waals surface area contributed by atoms with Gasteiger partial charge >= 0.3 is 6.18 Å². The molecule has 0 unspecified atom stereocenters. The number of hydrogen-bond donors (Lipinski definition) is 2. The van der Waals surface area contributed by atoms with Gasteiger partial charge in [0, 0.05) is 30.7 Å². The van der Waals surface area contributed by atoms with Crippen LogP contribution < -0.4 is 10.6 Å².